The molecule has 0 spiro atoms. The lowest BCUT2D eigenvalue weighted by Gasteiger charge is -2.35. The molecule has 2 rings (SSSR count). The van der Waals surface area contributed by atoms with E-state index in [0.29, 0.717) is 0 Å². The average Bonchev–Trinajstić information content (AvgIpc) is 2.54. The Hall–Kier alpha value is -2.33. The summed E-state index contributed by atoms with van der Waals surface area (Å²) in [6.45, 7) is 10.6. The van der Waals surface area contributed by atoms with Crippen molar-refractivity contribution in [2.24, 2.45) is 12.0 Å². The number of aryl methyl sites for hydroxylation is 1. The predicted octanol–water partition coefficient (Wildman–Crippen LogP) is 1.76. The standard InChI is InChI=1S/C17H28N6O3Si/c1-17(2,3)27(7,8)26-9-11-15(25)23(6)13-12(19-11)14(24)21-16(20-13)18-10-22(4)5/h10H,9H2,1-8H3,(H,20,21,24)/b18-10+. The molecule has 0 radical (unpaired) electrons. The molecule has 0 saturated carbocycles. The topological polar surface area (TPSA) is 105 Å². The first-order chi connectivity index (χ1) is 12.3. The van der Waals surface area contributed by atoms with E-state index >= 15 is 0 Å². The number of fused-ring (bicyclic) bond motifs is 1. The molecule has 0 bridgehead atoms. The molecular weight excluding hydrogens is 364 g/mol. The first-order valence-corrected chi connectivity index (χ1v) is 11.6. The fourth-order valence-corrected chi connectivity index (χ4v) is 2.97. The molecule has 1 N–H and O–H groups in total. The van der Waals surface area contributed by atoms with Gasteiger partial charge in [-0.3, -0.25) is 19.1 Å². The number of hydrogen-bond acceptors (Lipinski definition) is 6. The van der Waals surface area contributed by atoms with Crippen molar-refractivity contribution in [2.75, 3.05) is 14.1 Å². The Morgan fingerprint density at radius 3 is 2.44 bits per heavy atom. The van der Waals surface area contributed by atoms with Gasteiger partial charge in [0.05, 0.1) is 12.9 Å². The molecule has 0 fully saturated rings. The van der Waals surface area contributed by atoms with Gasteiger partial charge in [-0.25, -0.2) is 9.98 Å². The molecule has 0 aliphatic heterocycles. The van der Waals surface area contributed by atoms with Crippen LogP contribution in [0.5, 0.6) is 0 Å². The highest BCUT2D eigenvalue weighted by molar-refractivity contribution is 6.74. The number of nitrogens with zero attached hydrogens (tertiary/aromatic N) is 5. The smallest absolute Gasteiger partial charge is 0.280 e. The lowest BCUT2D eigenvalue weighted by atomic mass is 10.2. The zero-order valence-electron chi connectivity index (χ0n) is 17.2. The Bertz CT molecular complexity index is 985. The Kier molecular flexibility index (Phi) is 5.71. The van der Waals surface area contributed by atoms with Crippen LogP contribution in [-0.2, 0) is 18.1 Å². The van der Waals surface area contributed by atoms with Crippen LogP contribution in [0.1, 0.15) is 26.5 Å². The van der Waals surface area contributed by atoms with Crippen molar-refractivity contribution in [3.63, 3.8) is 0 Å². The number of aromatic amines is 1. The predicted molar refractivity (Wildman–Crippen MR) is 109 cm³/mol. The van der Waals surface area contributed by atoms with Gasteiger partial charge in [0.15, 0.2) is 19.5 Å². The van der Waals surface area contributed by atoms with Crippen LogP contribution in [-0.4, -0.2) is 53.2 Å². The zero-order valence-corrected chi connectivity index (χ0v) is 18.2. The largest absolute Gasteiger partial charge is 0.411 e. The van der Waals surface area contributed by atoms with E-state index in [1.807, 2.05) is 0 Å². The van der Waals surface area contributed by atoms with Crippen molar-refractivity contribution in [3.8, 4) is 0 Å². The molecule has 2 aromatic heterocycles. The third-order valence-electron chi connectivity index (χ3n) is 4.77. The minimum atomic E-state index is -2.05. The highest BCUT2D eigenvalue weighted by Crippen LogP contribution is 2.36. The summed E-state index contributed by atoms with van der Waals surface area (Å²) < 4.78 is 7.41. The van der Waals surface area contributed by atoms with Gasteiger partial charge in [0.2, 0.25) is 5.95 Å². The zero-order chi connectivity index (χ0) is 20.6. The SMILES string of the molecule is CN(C)/C=N/c1nc2c(nc(CO[Si](C)(C)C(C)(C)C)c(=O)n2C)c(=O)[nH]1. The van der Waals surface area contributed by atoms with Crippen LogP contribution in [0.15, 0.2) is 14.6 Å². The van der Waals surface area contributed by atoms with E-state index in [1.54, 1.807) is 26.0 Å². The molecule has 0 unspecified atom stereocenters. The molecule has 148 valence electrons. The first kappa shape index (κ1) is 21.0. The van der Waals surface area contributed by atoms with Crippen molar-refractivity contribution in [1.29, 1.82) is 0 Å². The Balaban J connectivity index is 2.49. The Morgan fingerprint density at radius 2 is 1.89 bits per heavy atom. The molecule has 10 heteroatoms. The van der Waals surface area contributed by atoms with Crippen molar-refractivity contribution in [1.82, 2.24) is 24.4 Å². The van der Waals surface area contributed by atoms with Crippen LogP contribution < -0.4 is 11.1 Å². The summed E-state index contributed by atoms with van der Waals surface area (Å²) in [4.78, 5) is 42.0. The van der Waals surface area contributed by atoms with E-state index < -0.39 is 13.9 Å². The van der Waals surface area contributed by atoms with E-state index in [-0.39, 0.29) is 40.0 Å². The maximum absolute atomic E-state index is 12.7. The maximum Gasteiger partial charge on any atom is 0.280 e. The lowest BCUT2D eigenvalue weighted by Crippen LogP contribution is -2.41. The fraction of sp³-hybridized carbons (Fsp3) is 0.588. The van der Waals surface area contributed by atoms with Crippen LogP contribution in [0.25, 0.3) is 11.2 Å². The number of H-pyrrole nitrogens is 1. The van der Waals surface area contributed by atoms with Gasteiger partial charge in [0, 0.05) is 21.1 Å². The van der Waals surface area contributed by atoms with Crippen LogP contribution in [0.4, 0.5) is 5.95 Å². The molecule has 0 saturated heterocycles. The van der Waals surface area contributed by atoms with Crippen LogP contribution in [0.2, 0.25) is 18.1 Å². The van der Waals surface area contributed by atoms with E-state index in [2.05, 4.69) is 53.8 Å². The van der Waals surface area contributed by atoms with Gasteiger partial charge in [0.25, 0.3) is 11.1 Å². The van der Waals surface area contributed by atoms with Gasteiger partial charge in [-0.1, -0.05) is 20.8 Å². The van der Waals surface area contributed by atoms with Crippen molar-refractivity contribution >= 4 is 31.8 Å². The van der Waals surface area contributed by atoms with Gasteiger partial charge >= 0.3 is 0 Å². The summed E-state index contributed by atoms with van der Waals surface area (Å²) in [6.07, 6.45) is 1.51. The summed E-state index contributed by atoms with van der Waals surface area (Å²) in [5.41, 5.74) is -0.302. The summed E-state index contributed by atoms with van der Waals surface area (Å²) in [7, 11) is 3.11. The van der Waals surface area contributed by atoms with Crippen molar-refractivity contribution in [3.05, 3.63) is 26.4 Å². The third kappa shape index (κ3) is 4.50. The molecule has 0 atom stereocenters. The molecule has 27 heavy (non-hydrogen) atoms. The van der Waals surface area contributed by atoms with Gasteiger partial charge in [0.1, 0.15) is 5.69 Å². The van der Waals surface area contributed by atoms with Crippen molar-refractivity contribution in [2.45, 2.75) is 45.5 Å². The number of rotatable bonds is 5. The second-order valence-corrected chi connectivity index (χ2v) is 13.1. The van der Waals surface area contributed by atoms with Crippen LogP contribution in [0.3, 0.4) is 0 Å². The number of hydrogen-bond donors (Lipinski definition) is 1. The molecular formula is C17H28N6O3Si. The Labute approximate surface area is 159 Å². The molecule has 0 aromatic carbocycles. The lowest BCUT2D eigenvalue weighted by molar-refractivity contribution is 0.270. The summed E-state index contributed by atoms with van der Waals surface area (Å²) in [5, 5.41) is 0.00740. The van der Waals surface area contributed by atoms with Crippen LogP contribution >= 0.6 is 0 Å². The summed E-state index contributed by atoms with van der Waals surface area (Å²) in [5.74, 6) is 0.114. The summed E-state index contributed by atoms with van der Waals surface area (Å²) >= 11 is 0. The highest BCUT2D eigenvalue weighted by Gasteiger charge is 2.37. The minimum absolute atomic E-state index is 0.00740. The van der Waals surface area contributed by atoms with E-state index in [9.17, 15) is 9.59 Å². The normalized spacial score (nSPS) is 12.9. The fourth-order valence-electron chi connectivity index (χ4n) is 2.04. The van der Waals surface area contributed by atoms with Gasteiger partial charge in [-0.05, 0) is 18.1 Å². The number of nitrogens with one attached hydrogen (secondary N) is 1. The quantitative estimate of drug-likeness (QED) is 0.472. The maximum atomic E-state index is 12.7. The minimum Gasteiger partial charge on any atom is -0.411 e. The first-order valence-electron chi connectivity index (χ1n) is 8.68. The Morgan fingerprint density at radius 1 is 1.26 bits per heavy atom. The molecule has 0 aliphatic rings. The highest BCUT2D eigenvalue weighted by atomic mass is 28.4. The van der Waals surface area contributed by atoms with E-state index in [1.165, 1.54) is 10.9 Å². The van der Waals surface area contributed by atoms with Gasteiger partial charge in [-0.2, -0.15) is 4.98 Å². The number of aliphatic imine (C=N–C) groups is 1. The molecule has 2 heterocycles. The molecule has 2 aromatic rings. The van der Waals surface area contributed by atoms with Crippen LogP contribution in [0, 0.1) is 0 Å². The van der Waals surface area contributed by atoms with E-state index in [0.717, 1.165) is 0 Å². The second-order valence-electron chi connectivity index (χ2n) is 8.24. The van der Waals surface area contributed by atoms with Gasteiger partial charge < -0.3 is 9.33 Å². The number of aromatic nitrogens is 4. The second kappa shape index (κ2) is 7.35. The van der Waals surface area contributed by atoms with Crippen molar-refractivity contribution < 1.29 is 4.43 Å². The van der Waals surface area contributed by atoms with Gasteiger partial charge in [-0.15, -0.1) is 0 Å². The summed E-state index contributed by atoms with van der Waals surface area (Å²) in [6, 6.07) is 0. The average molecular weight is 393 g/mol. The molecule has 0 amide bonds. The third-order valence-corrected chi connectivity index (χ3v) is 9.25. The monoisotopic (exact) mass is 392 g/mol. The van der Waals surface area contributed by atoms with E-state index in [4.69, 9.17) is 4.43 Å². The molecule has 0 aliphatic carbocycles. The molecule has 9 nitrogen and oxygen atoms in total.